The first-order valence-corrected chi connectivity index (χ1v) is 5.91. The van der Waals surface area contributed by atoms with Crippen LogP contribution in [0.4, 0.5) is 0 Å². The molecule has 0 atom stereocenters. The zero-order chi connectivity index (χ0) is 10.8. The Hall–Kier alpha value is -0.220. The van der Waals surface area contributed by atoms with E-state index >= 15 is 0 Å². The van der Waals surface area contributed by atoms with Gasteiger partial charge < -0.3 is 0 Å². The van der Waals surface area contributed by atoms with E-state index in [0.29, 0.717) is 5.41 Å². The lowest BCUT2D eigenvalue weighted by molar-refractivity contribution is 0.145. The molecule has 0 aromatic rings. The van der Waals surface area contributed by atoms with Crippen molar-refractivity contribution in [2.45, 2.75) is 57.7 Å². The highest BCUT2D eigenvalue weighted by Gasteiger charge is 2.38. The monoisotopic (exact) mass is 213 g/mol. The van der Waals surface area contributed by atoms with Gasteiger partial charge >= 0.3 is 0 Å². The summed E-state index contributed by atoms with van der Waals surface area (Å²) in [6.45, 7) is 6.89. The molecule has 1 aliphatic carbocycles. The molecular weight excluding hydrogens is 194 g/mol. The quantitative estimate of drug-likeness (QED) is 0.634. The summed E-state index contributed by atoms with van der Waals surface area (Å²) in [6.07, 6.45) is 5.15. The van der Waals surface area contributed by atoms with Crippen molar-refractivity contribution in [1.82, 2.24) is 0 Å². The summed E-state index contributed by atoms with van der Waals surface area (Å²) in [5, 5.41) is 8.91. The van der Waals surface area contributed by atoms with E-state index in [0.717, 1.165) is 31.6 Å². The molecule has 0 N–H and O–H groups in total. The Morgan fingerprint density at radius 3 is 2.29 bits per heavy atom. The van der Waals surface area contributed by atoms with Gasteiger partial charge in [-0.2, -0.15) is 5.26 Å². The summed E-state index contributed by atoms with van der Waals surface area (Å²) in [6, 6.07) is 2.24. The van der Waals surface area contributed by atoms with E-state index in [-0.39, 0.29) is 0 Å². The average molecular weight is 214 g/mol. The van der Waals surface area contributed by atoms with Gasteiger partial charge in [-0.25, -0.2) is 0 Å². The van der Waals surface area contributed by atoms with Gasteiger partial charge in [-0.3, -0.25) is 0 Å². The van der Waals surface area contributed by atoms with Crippen LogP contribution in [-0.4, -0.2) is 4.87 Å². The number of rotatable bonds is 2. The number of nitrogens with zero attached hydrogens (tertiary/aromatic N) is 1. The smallest absolute Gasteiger partial charge is 0.131 e. The number of hydrogen-bond donors (Lipinski definition) is 0. The summed E-state index contributed by atoms with van der Waals surface area (Å²) >= 11 is 6.16. The SMILES string of the molecule is CCC(C)(C)C1CCC(Cl)(C#N)CC1. The lowest BCUT2D eigenvalue weighted by Crippen LogP contribution is -2.33. The third-order valence-corrected chi connectivity index (χ3v) is 4.46. The van der Waals surface area contributed by atoms with Gasteiger partial charge in [0.1, 0.15) is 4.87 Å². The highest BCUT2D eigenvalue weighted by atomic mass is 35.5. The molecule has 1 saturated carbocycles. The molecule has 1 nitrogen and oxygen atoms in total. The van der Waals surface area contributed by atoms with Crippen LogP contribution >= 0.6 is 11.6 Å². The van der Waals surface area contributed by atoms with Gasteiger partial charge in [-0.05, 0) is 37.0 Å². The van der Waals surface area contributed by atoms with E-state index in [1.54, 1.807) is 0 Å². The first-order valence-electron chi connectivity index (χ1n) is 5.54. The second-order valence-electron chi connectivity index (χ2n) is 5.19. The Bertz CT molecular complexity index is 231. The number of nitriles is 1. The van der Waals surface area contributed by atoms with Crippen molar-refractivity contribution in [1.29, 1.82) is 5.26 Å². The Kier molecular flexibility index (Phi) is 3.48. The lowest BCUT2D eigenvalue weighted by Gasteiger charge is -2.39. The molecule has 0 aromatic carbocycles. The maximum Gasteiger partial charge on any atom is 0.131 e. The predicted octanol–water partition coefficient (Wildman–Crippen LogP) is 4.11. The molecule has 0 saturated heterocycles. The van der Waals surface area contributed by atoms with Crippen LogP contribution < -0.4 is 0 Å². The van der Waals surface area contributed by atoms with Gasteiger partial charge in [-0.1, -0.05) is 27.2 Å². The van der Waals surface area contributed by atoms with Crippen LogP contribution in [0.2, 0.25) is 0 Å². The van der Waals surface area contributed by atoms with Gasteiger partial charge in [-0.15, -0.1) is 11.6 Å². The molecule has 0 aliphatic heterocycles. The fraction of sp³-hybridized carbons (Fsp3) is 0.917. The molecule has 0 heterocycles. The molecule has 0 radical (unpaired) electrons. The van der Waals surface area contributed by atoms with Crippen LogP contribution in [0, 0.1) is 22.7 Å². The average Bonchev–Trinajstić information content (AvgIpc) is 2.19. The predicted molar refractivity (Wildman–Crippen MR) is 60.2 cm³/mol. The van der Waals surface area contributed by atoms with Gasteiger partial charge in [0, 0.05) is 0 Å². The molecule has 1 fully saturated rings. The van der Waals surface area contributed by atoms with Gasteiger partial charge in [0.05, 0.1) is 6.07 Å². The van der Waals surface area contributed by atoms with E-state index in [1.165, 1.54) is 6.42 Å². The lowest BCUT2D eigenvalue weighted by atomic mass is 9.67. The fourth-order valence-corrected chi connectivity index (χ4v) is 2.48. The first kappa shape index (κ1) is 11.9. The van der Waals surface area contributed by atoms with Crippen LogP contribution in [0.25, 0.3) is 0 Å². The largest absolute Gasteiger partial charge is 0.196 e. The molecule has 14 heavy (non-hydrogen) atoms. The summed E-state index contributed by atoms with van der Waals surface area (Å²) in [7, 11) is 0. The normalized spacial score (nSPS) is 33.8. The van der Waals surface area contributed by atoms with Crippen molar-refractivity contribution in [2.75, 3.05) is 0 Å². The molecular formula is C12H20ClN. The third-order valence-electron chi connectivity index (χ3n) is 3.99. The maximum atomic E-state index is 8.91. The summed E-state index contributed by atoms with van der Waals surface area (Å²) in [4.78, 5) is -0.555. The number of alkyl halides is 1. The summed E-state index contributed by atoms with van der Waals surface area (Å²) < 4.78 is 0. The first-order chi connectivity index (χ1) is 6.43. The molecule has 1 rings (SSSR count). The summed E-state index contributed by atoms with van der Waals surface area (Å²) in [5.41, 5.74) is 0.410. The van der Waals surface area contributed by atoms with Crippen molar-refractivity contribution < 1.29 is 0 Å². The van der Waals surface area contributed by atoms with E-state index in [4.69, 9.17) is 16.9 Å². The second-order valence-corrected chi connectivity index (χ2v) is 5.92. The highest BCUT2D eigenvalue weighted by Crippen LogP contribution is 2.45. The molecule has 80 valence electrons. The van der Waals surface area contributed by atoms with Crippen LogP contribution in [0.5, 0.6) is 0 Å². The van der Waals surface area contributed by atoms with E-state index in [2.05, 4.69) is 26.8 Å². The Morgan fingerprint density at radius 1 is 1.43 bits per heavy atom. The zero-order valence-electron chi connectivity index (χ0n) is 9.44. The minimum atomic E-state index is -0.555. The Labute approximate surface area is 92.4 Å². The topological polar surface area (TPSA) is 23.8 Å². The molecule has 0 unspecified atom stereocenters. The third kappa shape index (κ3) is 2.42. The van der Waals surface area contributed by atoms with Crippen molar-refractivity contribution in [2.24, 2.45) is 11.3 Å². The number of hydrogen-bond acceptors (Lipinski definition) is 1. The molecule has 0 spiro atoms. The van der Waals surface area contributed by atoms with Crippen LogP contribution in [0.15, 0.2) is 0 Å². The highest BCUT2D eigenvalue weighted by molar-refractivity contribution is 6.25. The fourth-order valence-electron chi connectivity index (χ4n) is 2.26. The minimum Gasteiger partial charge on any atom is -0.196 e. The second kappa shape index (κ2) is 4.11. The summed E-state index contributed by atoms with van der Waals surface area (Å²) in [5.74, 6) is 0.743. The van der Waals surface area contributed by atoms with Crippen molar-refractivity contribution in [3.05, 3.63) is 0 Å². The number of halogens is 1. The molecule has 2 heteroatoms. The van der Waals surface area contributed by atoms with E-state index < -0.39 is 4.87 Å². The van der Waals surface area contributed by atoms with Gasteiger partial charge in [0.25, 0.3) is 0 Å². The van der Waals surface area contributed by atoms with Gasteiger partial charge in [0.2, 0.25) is 0 Å². The van der Waals surface area contributed by atoms with Crippen LogP contribution in [-0.2, 0) is 0 Å². The zero-order valence-corrected chi connectivity index (χ0v) is 10.2. The molecule has 0 aromatic heterocycles. The maximum absolute atomic E-state index is 8.91. The molecule has 0 amide bonds. The van der Waals surface area contributed by atoms with Crippen molar-refractivity contribution in [3.63, 3.8) is 0 Å². The van der Waals surface area contributed by atoms with E-state index in [1.807, 2.05) is 0 Å². The minimum absolute atomic E-state index is 0.410. The molecule has 1 aliphatic rings. The molecule has 0 bridgehead atoms. The Morgan fingerprint density at radius 2 is 1.93 bits per heavy atom. The van der Waals surface area contributed by atoms with Crippen LogP contribution in [0.3, 0.4) is 0 Å². The standard InChI is InChI=1S/C12H20ClN/c1-4-11(2,3)10-5-7-12(13,9-14)8-6-10/h10H,4-8H2,1-3H3. The van der Waals surface area contributed by atoms with Gasteiger partial charge in [0.15, 0.2) is 0 Å². The van der Waals surface area contributed by atoms with Crippen molar-refractivity contribution >= 4 is 11.6 Å². The van der Waals surface area contributed by atoms with Crippen LogP contribution in [0.1, 0.15) is 52.9 Å². The van der Waals surface area contributed by atoms with Crippen molar-refractivity contribution in [3.8, 4) is 6.07 Å². The van der Waals surface area contributed by atoms with E-state index in [9.17, 15) is 0 Å². The Balaban J connectivity index is 2.56.